The van der Waals surface area contributed by atoms with Crippen LogP contribution < -0.4 is 24.3 Å². The van der Waals surface area contributed by atoms with Crippen LogP contribution in [0.5, 0.6) is 28.7 Å². The Kier molecular flexibility index (Phi) is 8.73. The minimum Gasteiger partial charge on any atom is -0.490 e. The molecule has 0 unspecified atom stereocenters. The number of amides is 2. The van der Waals surface area contributed by atoms with E-state index in [1.165, 1.54) is 0 Å². The maximum Gasteiger partial charge on any atom is 0.244 e. The molecule has 0 atom stereocenters. The number of nitrogens with one attached hydrogen (secondary N) is 1. The summed E-state index contributed by atoms with van der Waals surface area (Å²) in [6.07, 6.45) is 3.34. The van der Waals surface area contributed by atoms with Crippen molar-refractivity contribution in [3.05, 3.63) is 71.2 Å². The third-order valence-electron chi connectivity index (χ3n) is 6.47. The molecule has 3 aromatic carbocycles. The van der Waals surface area contributed by atoms with E-state index in [9.17, 15) is 9.59 Å². The summed E-state index contributed by atoms with van der Waals surface area (Å²) in [6, 6.07) is 18.0. The monoisotopic (exact) mass is 550 g/mol. The SMILES string of the molecule is O=C1CN(C(=O)Cc2ccc3c(c2)OCCCO3)CCCCCOc2ccccc2Oc2ccc(Cl)cc2N1. The highest BCUT2D eigenvalue weighted by atomic mass is 35.5. The number of carbonyl (C=O) groups excluding carboxylic acids is 2. The van der Waals surface area contributed by atoms with E-state index in [1.54, 1.807) is 23.1 Å². The first kappa shape index (κ1) is 26.7. The van der Waals surface area contributed by atoms with Crippen LogP contribution in [0.25, 0.3) is 0 Å². The predicted octanol–water partition coefficient (Wildman–Crippen LogP) is 5.87. The van der Waals surface area contributed by atoms with Crippen LogP contribution in [0.3, 0.4) is 0 Å². The number of hydrogen-bond donors (Lipinski definition) is 1. The Bertz CT molecular complexity index is 1330. The van der Waals surface area contributed by atoms with Gasteiger partial charge in [0.05, 0.1) is 38.5 Å². The van der Waals surface area contributed by atoms with Gasteiger partial charge in [-0.1, -0.05) is 29.8 Å². The van der Waals surface area contributed by atoms with Crippen LogP contribution in [0.2, 0.25) is 5.02 Å². The third kappa shape index (κ3) is 7.15. The number of carbonyl (C=O) groups is 2. The van der Waals surface area contributed by atoms with E-state index in [0.29, 0.717) is 65.8 Å². The summed E-state index contributed by atoms with van der Waals surface area (Å²) in [5.41, 5.74) is 1.21. The molecule has 1 N–H and O–H groups in total. The Hall–Kier alpha value is -3.91. The summed E-state index contributed by atoms with van der Waals surface area (Å²) in [5, 5.41) is 3.33. The Morgan fingerprint density at radius 1 is 0.795 bits per heavy atom. The lowest BCUT2D eigenvalue weighted by atomic mass is 10.1. The second kappa shape index (κ2) is 12.8. The minimum absolute atomic E-state index is 0.0948. The zero-order chi connectivity index (χ0) is 27.0. The highest BCUT2D eigenvalue weighted by Crippen LogP contribution is 2.37. The van der Waals surface area contributed by atoms with Gasteiger partial charge in [-0.3, -0.25) is 9.59 Å². The molecule has 0 bridgehead atoms. The van der Waals surface area contributed by atoms with Crippen molar-refractivity contribution in [1.29, 1.82) is 0 Å². The molecule has 0 radical (unpaired) electrons. The highest BCUT2D eigenvalue weighted by Gasteiger charge is 2.21. The molecule has 3 aromatic rings. The van der Waals surface area contributed by atoms with Gasteiger partial charge < -0.3 is 29.2 Å². The fraction of sp³-hybridized carbons (Fsp3) is 0.333. The number of nitrogens with zero attached hydrogens (tertiary/aromatic N) is 1. The third-order valence-corrected chi connectivity index (χ3v) is 6.70. The normalized spacial score (nSPS) is 16.1. The quantitative estimate of drug-likeness (QED) is 0.430. The van der Waals surface area contributed by atoms with E-state index in [0.717, 1.165) is 31.2 Å². The Morgan fingerprint density at radius 3 is 2.36 bits per heavy atom. The number of anilines is 1. The van der Waals surface area contributed by atoms with E-state index in [2.05, 4.69) is 5.32 Å². The first-order valence-corrected chi connectivity index (χ1v) is 13.6. The van der Waals surface area contributed by atoms with Gasteiger partial charge in [-0.15, -0.1) is 0 Å². The van der Waals surface area contributed by atoms with Crippen molar-refractivity contribution in [3.8, 4) is 28.7 Å². The van der Waals surface area contributed by atoms with Crippen LogP contribution >= 0.6 is 11.6 Å². The van der Waals surface area contributed by atoms with Crippen LogP contribution in [0.4, 0.5) is 5.69 Å². The largest absolute Gasteiger partial charge is 0.490 e. The van der Waals surface area contributed by atoms with Gasteiger partial charge in [0.2, 0.25) is 11.8 Å². The average Bonchev–Trinajstić information content (AvgIpc) is 3.17. The highest BCUT2D eigenvalue weighted by molar-refractivity contribution is 6.31. The topological polar surface area (TPSA) is 86.3 Å². The van der Waals surface area contributed by atoms with Crippen LogP contribution in [0, 0.1) is 0 Å². The summed E-state index contributed by atoms with van der Waals surface area (Å²) in [7, 11) is 0. The maximum absolute atomic E-state index is 13.4. The van der Waals surface area contributed by atoms with Crippen LogP contribution in [0.1, 0.15) is 31.2 Å². The fourth-order valence-corrected chi connectivity index (χ4v) is 4.66. The molecule has 0 aromatic heterocycles. The van der Waals surface area contributed by atoms with E-state index in [4.69, 9.17) is 30.5 Å². The Balaban J connectivity index is 1.34. The van der Waals surface area contributed by atoms with Crippen molar-refractivity contribution >= 4 is 29.1 Å². The van der Waals surface area contributed by atoms with E-state index in [1.807, 2.05) is 42.5 Å². The molecule has 0 spiro atoms. The lowest BCUT2D eigenvalue weighted by Crippen LogP contribution is -2.39. The number of hydrogen-bond acceptors (Lipinski definition) is 6. The first-order chi connectivity index (χ1) is 19.0. The molecule has 2 amide bonds. The summed E-state index contributed by atoms with van der Waals surface area (Å²) in [4.78, 5) is 28.2. The van der Waals surface area contributed by atoms with Gasteiger partial charge in [-0.25, -0.2) is 0 Å². The number of para-hydroxylation sites is 2. The zero-order valence-electron chi connectivity index (χ0n) is 21.6. The van der Waals surface area contributed by atoms with Gasteiger partial charge in [0.15, 0.2) is 28.7 Å². The van der Waals surface area contributed by atoms with Gasteiger partial charge in [0.1, 0.15) is 0 Å². The molecule has 0 saturated carbocycles. The van der Waals surface area contributed by atoms with E-state index in [-0.39, 0.29) is 24.8 Å². The summed E-state index contributed by atoms with van der Waals surface area (Å²) < 4.78 is 23.6. The van der Waals surface area contributed by atoms with Gasteiger partial charge in [-0.05, 0) is 67.3 Å². The second-order valence-corrected chi connectivity index (χ2v) is 9.91. The predicted molar refractivity (Wildman–Crippen MR) is 148 cm³/mol. The molecule has 39 heavy (non-hydrogen) atoms. The first-order valence-electron chi connectivity index (χ1n) is 13.2. The smallest absolute Gasteiger partial charge is 0.244 e. The molecule has 2 aliphatic rings. The van der Waals surface area contributed by atoms with E-state index >= 15 is 0 Å². The summed E-state index contributed by atoms with van der Waals surface area (Å²) in [5.74, 6) is 2.42. The van der Waals surface area contributed by atoms with Crippen LogP contribution in [-0.4, -0.2) is 49.6 Å². The van der Waals surface area contributed by atoms with Gasteiger partial charge in [-0.2, -0.15) is 0 Å². The number of halogens is 1. The van der Waals surface area contributed by atoms with Crippen molar-refractivity contribution in [2.75, 3.05) is 38.2 Å². The van der Waals surface area contributed by atoms with Crippen molar-refractivity contribution < 1.29 is 28.5 Å². The van der Waals surface area contributed by atoms with E-state index < -0.39 is 0 Å². The van der Waals surface area contributed by atoms with Crippen molar-refractivity contribution in [2.24, 2.45) is 0 Å². The summed E-state index contributed by atoms with van der Waals surface area (Å²) >= 11 is 6.23. The molecular formula is C30H31ClN2O6. The summed E-state index contributed by atoms with van der Waals surface area (Å²) in [6.45, 7) is 2.04. The molecule has 5 rings (SSSR count). The number of benzene rings is 3. The van der Waals surface area contributed by atoms with Crippen molar-refractivity contribution in [3.63, 3.8) is 0 Å². The standard InChI is InChI=1S/C30H31ClN2O6/c31-22-10-12-24-23(19-22)32-29(34)20-33(13-4-1-5-14-36-25-7-2-3-8-27(25)39-24)30(35)18-21-9-11-26-28(17-21)38-16-6-15-37-26/h2-3,7-12,17,19H,1,4-6,13-16,18,20H2,(H,32,34). The lowest BCUT2D eigenvalue weighted by Gasteiger charge is -2.23. The molecule has 0 saturated heterocycles. The van der Waals surface area contributed by atoms with Gasteiger partial charge in [0, 0.05) is 18.0 Å². The molecule has 0 aliphatic carbocycles. The van der Waals surface area contributed by atoms with Crippen molar-refractivity contribution in [2.45, 2.75) is 32.1 Å². The second-order valence-electron chi connectivity index (χ2n) is 9.47. The maximum atomic E-state index is 13.4. The molecular weight excluding hydrogens is 520 g/mol. The molecule has 2 heterocycles. The fourth-order valence-electron chi connectivity index (χ4n) is 4.48. The molecule has 2 aliphatic heterocycles. The molecule has 8 nitrogen and oxygen atoms in total. The zero-order valence-corrected chi connectivity index (χ0v) is 22.4. The van der Waals surface area contributed by atoms with Crippen LogP contribution in [0.15, 0.2) is 60.7 Å². The van der Waals surface area contributed by atoms with Crippen LogP contribution in [-0.2, 0) is 16.0 Å². The van der Waals surface area contributed by atoms with Gasteiger partial charge in [0.25, 0.3) is 0 Å². The minimum atomic E-state index is -0.339. The molecule has 204 valence electrons. The number of fused-ring (bicyclic) bond motifs is 3. The Morgan fingerprint density at radius 2 is 1.51 bits per heavy atom. The van der Waals surface area contributed by atoms with Gasteiger partial charge >= 0.3 is 0 Å². The lowest BCUT2D eigenvalue weighted by molar-refractivity contribution is -0.134. The Labute approximate surface area is 232 Å². The van der Waals surface area contributed by atoms with Crippen molar-refractivity contribution in [1.82, 2.24) is 4.90 Å². The number of rotatable bonds is 2. The molecule has 0 fully saturated rings. The number of ether oxygens (including phenoxy) is 4. The molecule has 9 heteroatoms. The average molecular weight is 551 g/mol.